The lowest BCUT2D eigenvalue weighted by Crippen LogP contribution is -2.42. The highest BCUT2D eigenvalue weighted by Crippen LogP contribution is 2.25. The number of carbonyl (C=O) groups excluding carboxylic acids is 2. The molecule has 4 heteroatoms. The molecule has 4 nitrogen and oxygen atoms in total. The number of benzene rings is 2. The summed E-state index contributed by atoms with van der Waals surface area (Å²) >= 11 is 0. The molecule has 1 unspecified atom stereocenters. The van der Waals surface area contributed by atoms with Crippen LogP contribution in [-0.2, 0) is 11.3 Å². The fourth-order valence-corrected chi connectivity index (χ4v) is 2.97. The van der Waals surface area contributed by atoms with Crippen molar-refractivity contribution in [1.29, 1.82) is 0 Å². The third kappa shape index (κ3) is 2.72. The number of hydrogen-bond donors (Lipinski definition) is 1. The molecule has 0 fully saturated rings. The van der Waals surface area contributed by atoms with Gasteiger partial charge in [-0.3, -0.25) is 9.59 Å². The molecular formula is C19H20N2O2. The second kappa shape index (κ2) is 5.88. The van der Waals surface area contributed by atoms with Crippen LogP contribution in [-0.4, -0.2) is 22.8 Å². The number of anilines is 1. The van der Waals surface area contributed by atoms with Crippen molar-refractivity contribution in [2.75, 3.05) is 5.32 Å². The molecule has 0 saturated heterocycles. The molecule has 1 N–H and O–H groups in total. The topological polar surface area (TPSA) is 49.4 Å². The van der Waals surface area contributed by atoms with Gasteiger partial charge in [-0.15, -0.1) is 0 Å². The fourth-order valence-electron chi connectivity index (χ4n) is 2.97. The maximum atomic E-state index is 12.6. The van der Waals surface area contributed by atoms with E-state index in [2.05, 4.69) is 5.32 Å². The molecular weight excluding hydrogens is 288 g/mol. The van der Waals surface area contributed by atoms with Gasteiger partial charge in [-0.25, -0.2) is 0 Å². The van der Waals surface area contributed by atoms with E-state index in [0.29, 0.717) is 12.1 Å². The van der Waals surface area contributed by atoms with Crippen LogP contribution >= 0.6 is 0 Å². The van der Waals surface area contributed by atoms with Crippen LogP contribution in [0.4, 0.5) is 5.69 Å². The minimum atomic E-state index is -0.520. The first kappa shape index (κ1) is 15.3. The first-order valence-electron chi connectivity index (χ1n) is 7.75. The normalized spacial score (nSPS) is 14.6. The van der Waals surface area contributed by atoms with E-state index in [9.17, 15) is 9.59 Å². The van der Waals surface area contributed by atoms with E-state index < -0.39 is 6.04 Å². The van der Waals surface area contributed by atoms with Gasteiger partial charge in [0.2, 0.25) is 5.91 Å². The average molecular weight is 308 g/mol. The van der Waals surface area contributed by atoms with E-state index in [4.69, 9.17) is 0 Å². The molecule has 0 aromatic heterocycles. The minimum absolute atomic E-state index is 0.0789. The summed E-state index contributed by atoms with van der Waals surface area (Å²) in [6.45, 7) is 6.18. The van der Waals surface area contributed by atoms with Crippen molar-refractivity contribution >= 4 is 17.5 Å². The van der Waals surface area contributed by atoms with Crippen LogP contribution in [0.5, 0.6) is 0 Å². The number of nitrogens with zero attached hydrogens (tertiary/aromatic N) is 1. The van der Waals surface area contributed by atoms with Gasteiger partial charge in [0.05, 0.1) is 0 Å². The molecule has 2 aromatic rings. The van der Waals surface area contributed by atoms with Crippen molar-refractivity contribution in [2.45, 2.75) is 33.4 Å². The summed E-state index contributed by atoms with van der Waals surface area (Å²) in [6, 6.07) is 12.9. The van der Waals surface area contributed by atoms with E-state index in [-0.39, 0.29) is 11.8 Å². The number of para-hydroxylation sites is 1. The number of hydrogen-bond acceptors (Lipinski definition) is 2. The lowest BCUT2D eigenvalue weighted by molar-refractivity contribution is -0.120. The smallest absolute Gasteiger partial charge is 0.255 e. The lowest BCUT2D eigenvalue weighted by atomic mass is 10.1. The molecule has 0 saturated carbocycles. The maximum Gasteiger partial charge on any atom is 0.255 e. The summed E-state index contributed by atoms with van der Waals surface area (Å²) in [6.07, 6.45) is 0. The van der Waals surface area contributed by atoms with Crippen molar-refractivity contribution in [1.82, 2.24) is 4.90 Å². The van der Waals surface area contributed by atoms with E-state index in [0.717, 1.165) is 22.4 Å². The van der Waals surface area contributed by atoms with Gasteiger partial charge in [-0.05, 0) is 43.5 Å². The van der Waals surface area contributed by atoms with Crippen LogP contribution < -0.4 is 5.32 Å². The lowest BCUT2D eigenvalue weighted by Gasteiger charge is -2.24. The molecule has 23 heavy (non-hydrogen) atoms. The van der Waals surface area contributed by atoms with Crippen molar-refractivity contribution in [3.05, 3.63) is 64.7 Å². The van der Waals surface area contributed by atoms with Crippen LogP contribution in [0.3, 0.4) is 0 Å². The fraction of sp³-hybridized carbons (Fsp3) is 0.263. The third-order valence-corrected chi connectivity index (χ3v) is 4.43. The monoisotopic (exact) mass is 308 g/mol. The molecule has 0 spiro atoms. The summed E-state index contributed by atoms with van der Waals surface area (Å²) in [5.41, 5.74) is 4.53. The Bertz CT molecular complexity index is 762. The average Bonchev–Trinajstić information content (AvgIpc) is 2.87. The molecule has 0 bridgehead atoms. The second-order valence-electron chi connectivity index (χ2n) is 6.02. The Labute approximate surface area is 136 Å². The number of nitrogens with one attached hydrogen (secondary N) is 1. The SMILES string of the molecule is Cc1cccc(C)c1NC(=O)C(C)N1Cc2ccccc2C1=O. The first-order valence-corrected chi connectivity index (χ1v) is 7.75. The molecule has 1 atom stereocenters. The zero-order valence-electron chi connectivity index (χ0n) is 13.6. The predicted octanol–water partition coefficient (Wildman–Crippen LogP) is 3.29. The Morgan fingerprint density at radius 1 is 1.09 bits per heavy atom. The van der Waals surface area contributed by atoms with Gasteiger partial charge in [-0.1, -0.05) is 36.4 Å². The largest absolute Gasteiger partial charge is 0.324 e. The molecule has 1 aliphatic rings. The number of amides is 2. The van der Waals surface area contributed by atoms with E-state index in [1.165, 1.54) is 0 Å². The van der Waals surface area contributed by atoms with Crippen LogP contribution in [0.15, 0.2) is 42.5 Å². The zero-order valence-corrected chi connectivity index (χ0v) is 13.6. The first-order chi connectivity index (χ1) is 11.0. The Balaban J connectivity index is 1.78. The van der Waals surface area contributed by atoms with E-state index in [1.807, 2.05) is 56.3 Å². The third-order valence-electron chi connectivity index (χ3n) is 4.43. The summed E-state index contributed by atoms with van der Waals surface area (Å²) in [7, 11) is 0. The van der Waals surface area contributed by atoms with Crippen molar-refractivity contribution in [3.63, 3.8) is 0 Å². The van der Waals surface area contributed by atoms with E-state index in [1.54, 1.807) is 11.8 Å². The summed E-state index contributed by atoms with van der Waals surface area (Å²) in [5, 5.41) is 2.97. The van der Waals surface area contributed by atoms with Gasteiger partial charge >= 0.3 is 0 Å². The molecule has 0 aliphatic carbocycles. The van der Waals surface area contributed by atoms with Crippen LogP contribution in [0.1, 0.15) is 34.0 Å². The van der Waals surface area contributed by atoms with Gasteiger partial charge < -0.3 is 10.2 Å². The van der Waals surface area contributed by atoms with Gasteiger partial charge in [0, 0.05) is 17.8 Å². The highest BCUT2D eigenvalue weighted by Gasteiger charge is 2.33. The second-order valence-corrected chi connectivity index (χ2v) is 6.02. The van der Waals surface area contributed by atoms with Crippen LogP contribution in [0.25, 0.3) is 0 Å². The van der Waals surface area contributed by atoms with Crippen molar-refractivity contribution in [3.8, 4) is 0 Å². The number of aryl methyl sites for hydroxylation is 2. The van der Waals surface area contributed by atoms with Crippen molar-refractivity contribution in [2.24, 2.45) is 0 Å². The number of rotatable bonds is 3. The predicted molar refractivity (Wildman–Crippen MR) is 90.3 cm³/mol. The number of fused-ring (bicyclic) bond motifs is 1. The maximum absolute atomic E-state index is 12.6. The minimum Gasteiger partial charge on any atom is -0.324 e. The molecule has 1 heterocycles. The Kier molecular flexibility index (Phi) is 3.90. The van der Waals surface area contributed by atoms with Crippen LogP contribution in [0.2, 0.25) is 0 Å². The summed E-state index contributed by atoms with van der Waals surface area (Å²) < 4.78 is 0. The summed E-state index contributed by atoms with van der Waals surface area (Å²) in [4.78, 5) is 26.7. The summed E-state index contributed by atoms with van der Waals surface area (Å²) in [5.74, 6) is -0.242. The molecule has 3 rings (SSSR count). The molecule has 118 valence electrons. The Morgan fingerprint density at radius 3 is 2.39 bits per heavy atom. The molecule has 1 aliphatic heterocycles. The zero-order chi connectivity index (χ0) is 16.6. The Morgan fingerprint density at radius 2 is 1.74 bits per heavy atom. The van der Waals surface area contributed by atoms with E-state index >= 15 is 0 Å². The van der Waals surface area contributed by atoms with Crippen LogP contribution in [0, 0.1) is 13.8 Å². The molecule has 0 radical (unpaired) electrons. The van der Waals surface area contributed by atoms with Gasteiger partial charge in [0.1, 0.15) is 6.04 Å². The molecule has 2 aromatic carbocycles. The highest BCUT2D eigenvalue weighted by molar-refractivity contribution is 6.03. The van der Waals surface area contributed by atoms with Gasteiger partial charge in [0.15, 0.2) is 0 Å². The van der Waals surface area contributed by atoms with Gasteiger partial charge in [0.25, 0.3) is 5.91 Å². The highest BCUT2D eigenvalue weighted by atomic mass is 16.2. The Hall–Kier alpha value is -2.62. The standard InChI is InChI=1S/C19H20N2O2/c1-12-7-6-8-13(2)17(12)20-18(22)14(3)21-11-15-9-4-5-10-16(15)19(21)23/h4-10,14H,11H2,1-3H3,(H,20,22). The van der Waals surface area contributed by atoms with Crippen molar-refractivity contribution < 1.29 is 9.59 Å². The quantitative estimate of drug-likeness (QED) is 0.946. The number of carbonyl (C=O) groups is 2. The van der Waals surface area contributed by atoms with Gasteiger partial charge in [-0.2, -0.15) is 0 Å². The molecule has 2 amide bonds.